The molecule has 0 saturated carbocycles. The van der Waals surface area contributed by atoms with Crippen LogP contribution in [0.5, 0.6) is 5.75 Å². The van der Waals surface area contributed by atoms with Crippen LogP contribution in [0.3, 0.4) is 0 Å². The molecule has 1 N–H and O–H groups in total. The molecule has 0 aliphatic heterocycles. The van der Waals surface area contributed by atoms with Gasteiger partial charge in [-0.15, -0.1) is 0 Å². The molecule has 0 aromatic heterocycles. The van der Waals surface area contributed by atoms with Gasteiger partial charge < -0.3 is 15.0 Å². The average molecular weight is 544 g/mol. The van der Waals surface area contributed by atoms with Gasteiger partial charge in [-0.3, -0.25) is 13.9 Å². The minimum atomic E-state index is -3.88. The molecular formula is C27H30ClN3O5S. The lowest BCUT2D eigenvalue weighted by Crippen LogP contribution is -2.52. The van der Waals surface area contributed by atoms with Crippen LogP contribution in [0.15, 0.2) is 78.9 Å². The van der Waals surface area contributed by atoms with Gasteiger partial charge in [-0.05, 0) is 29.3 Å². The van der Waals surface area contributed by atoms with Gasteiger partial charge in [0.15, 0.2) is 0 Å². The standard InChI is InChI=1S/C27H30ClN3O5S/c1-29-27(33)24(16-20-10-6-4-7-11-20)30(18-21-12-8-5-9-13-21)26(32)19-31(37(3,34)35)22-14-15-25(36-2)23(28)17-22/h4-15,17,24H,16,18-19H2,1-3H3,(H,29,33). The van der Waals surface area contributed by atoms with Gasteiger partial charge >= 0.3 is 0 Å². The smallest absolute Gasteiger partial charge is 0.244 e. The molecule has 10 heteroatoms. The van der Waals surface area contributed by atoms with E-state index in [9.17, 15) is 18.0 Å². The molecule has 37 heavy (non-hydrogen) atoms. The van der Waals surface area contributed by atoms with Gasteiger partial charge in [-0.25, -0.2) is 8.42 Å². The van der Waals surface area contributed by atoms with Crippen LogP contribution in [0.4, 0.5) is 5.69 Å². The molecule has 3 aromatic rings. The first-order valence-electron chi connectivity index (χ1n) is 11.5. The topological polar surface area (TPSA) is 96.0 Å². The number of ether oxygens (including phenoxy) is 1. The van der Waals surface area contributed by atoms with E-state index in [0.29, 0.717) is 5.75 Å². The SMILES string of the molecule is CNC(=O)C(Cc1ccccc1)N(Cc1ccccc1)C(=O)CN(c1ccc(OC)c(Cl)c1)S(C)(=O)=O. The maximum absolute atomic E-state index is 13.8. The van der Waals surface area contributed by atoms with Gasteiger partial charge in [-0.1, -0.05) is 72.3 Å². The summed E-state index contributed by atoms with van der Waals surface area (Å²) in [6.45, 7) is -0.401. The van der Waals surface area contributed by atoms with Crippen molar-refractivity contribution in [3.63, 3.8) is 0 Å². The summed E-state index contributed by atoms with van der Waals surface area (Å²) in [6, 6.07) is 22.2. The average Bonchev–Trinajstić information content (AvgIpc) is 2.89. The summed E-state index contributed by atoms with van der Waals surface area (Å²) in [5.74, 6) is -0.518. The lowest BCUT2D eigenvalue weighted by Gasteiger charge is -2.33. The molecule has 8 nitrogen and oxygen atoms in total. The molecule has 0 saturated heterocycles. The first-order valence-corrected chi connectivity index (χ1v) is 13.8. The van der Waals surface area contributed by atoms with Crippen molar-refractivity contribution in [2.24, 2.45) is 0 Å². The Morgan fingerprint density at radius 2 is 1.57 bits per heavy atom. The van der Waals surface area contributed by atoms with Gasteiger partial charge in [0.25, 0.3) is 0 Å². The Balaban J connectivity index is 2.01. The van der Waals surface area contributed by atoms with E-state index in [2.05, 4.69) is 5.32 Å². The molecule has 3 aromatic carbocycles. The third kappa shape index (κ3) is 7.47. The molecule has 1 unspecified atom stereocenters. The number of anilines is 1. The van der Waals surface area contributed by atoms with E-state index in [1.807, 2.05) is 60.7 Å². The summed E-state index contributed by atoms with van der Waals surface area (Å²) in [5.41, 5.74) is 1.88. The number of amides is 2. The second-order valence-electron chi connectivity index (χ2n) is 8.42. The van der Waals surface area contributed by atoms with E-state index in [-0.39, 0.29) is 29.6 Å². The minimum absolute atomic E-state index is 0.117. The Hall–Kier alpha value is -3.56. The predicted octanol–water partition coefficient (Wildman–Crippen LogP) is 3.50. The Bertz CT molecular complexity index is 1320. The molecule has 0 heterocycles. The fourth-order valence-electron chi connectivity index (χ4n) is 3.92. The maximum Gasteiger partial charge on any atom is 0.244 e. The van der Waals surface area contributed by atoms with Crippen LogP contribution in [-0.2, 0) is 32.6 Å². The number of hydrogen-bond acceptors (Lipinski definition) is 5. The van der Waals surface area contributed by atoms with E-state index >= 15 is 0 Å². The van der Waals surface area contributed by atoms with E-state index in [1.165, 1.54) is 37.3 Å². The zero-order valence-corrected chi connectivity index (χ0v) is 22.5. The highest BCUT2D eigenvalue weighted by atomic mass is 35.5. The number of rotatable bonds is 11. The number of benzene rings is 3. The molecule has 0 radical (unpaired) electrons. The fraction of sp³-hybridized carbons (Fsp3) is 0.259. The van der Waals surface area contributed by atoms with Crippen LogP contribution in [0.25, 0.3) is 0 Å². The highest BCUT2D eigenvalue weighted by Crippen LogP contribution is 2.30. The van der Waals surface area contributed by atoms with E-state index < -0.39 is 28.5 Å². The molecule has 0 spiro atoms. The number of hydrogen-bond donors (Lipinski definition) is 1. The molecule has 0 fully saturated rings. The van der Waals surface area contributed by atoms with Crippen molar-refractivity contribution >= 4 is 39.1 Å². The highest BCUT2D eigenvalue weighted by molar-refractivity contribution is 7.92. The van der Waals surface area contributed by atoms with Crippen LogP contribution in [0.2, 0.25) is 5.02 Å². The normalized spacial score (nSPS) is 11.9. The Labute approximate surface area is 222 Å². The number of carbonyl (C=O) groups is 2. The zero-order valence-electron chi connectivity index (χ0n) is 20.9. The first kappa shape index (κ1) is 28.0. The molecule has 1 atom stereocenters. The van der Waals surface area contributed by atoms with Crippen LogP contribution in [-0.4, -0.2) is 58.1 Å². The van der Waals surface area contributed by atoms with Gasteiger partial charge in [-0.2, -0.15) is 0 Å². The third-order valence-electron chi connectivity index (χ3n) is 5.82. The second-order valence-corrected chi connectivity index (χ2v) is 10.7. The third-order valence-corrected chi connectivity index (χ3v) is 7.25. The number of carbonyl (C=O) groups excluding carboxylic acids is 2. The van der Waals surface area contributed by atoms with E-state index in [0.717, 1.165) is 21.7 Å². The van der Waals surface area contributed by atoms with E-state index in [4.69, 9.17) is 16.3 Å². The second kappa shape index (κ2) is 12.6. The quantitative estimate of drug-likeness (QED) is 0.399. The van der Waals surface area contributed by atoms with Gasteiger partial charge in [0.2, 0.25) is 21.8 Å². The number of nitrogens with zero attached hydrogens (tertiary/aromatic N) is 2. The zero-order chi connectivity index (χ0) is 27.0. The molecule has 0 aliphatic carbocycles. The van der Waals surface area contributed by atoms with Crippen molar-refractivity contribution < 1.29 is 22.7 Å². The van der Waals surface area contributed by atoms with Crippen LogP contribution >= 0.6 is 11.6 Å². The molecule has 0 aliphatic rings. The maximum atomic E-state index is 13.8. The Morgan fingerprint density at radius 1 is 0.973 bits per heavy atom. The largest absolute Gasteiger partial charge is 0.495 e. The summed E-state index contributed by atoms with van der Waals surface area (Å²) in [7, 11) is -0.922. The van der Waals surface area contributed by atoms with Crippen molar-refractivity contribution in [3.8, 4) is 5.75 Å². The van der Waals surface area contributed by atoms with Crippen molar-refractivity contribution in [3.05, 3.63) is 95.0 Å². The van der Waals surface area contributed by atoms with Crippen LogP contribution in [0, 0.1) is 0 Å². The number of nitrogens with one attached hydrogen (secondary N) is 1. The fourth-order valence-corrected chi connectivity index (χ4v) is 5.02. The van der Waals surface area contributed by atoms with Crippen molar-refractivity contribution in [2.75, 3.05) is 31.3 Å². The number of sulfonamides is 1. The van der Waals surface area contributed by atoms with Crippen molar-refractivity contribution in [1.82, 2.24) is 10.2 Å². The first-order chi connectivity index (χ1) is 17.6. The van der Waals surface area contributed by atoms with Crippen LogP contribution < -0.4 is 14.4 Å². The van der Waals surface area contributed by atoms with E-state index in [1.54, 1.807) is 0 Å². The van der Waals surface area contributed by atoms with Crippen molar-refractivity contribution in [1.29, 1.82) is 0 Å². The molecule has 196 valence electrons. The molecular weight excluding hydrogens is 514 g/mol. The summed E-state index contributed by atoms with van der Waals surface area (Å²) in [4.78, 5) is 28.3. The minimum Gasteiger partial charge on any atom is -0.495 e. The summed E-state index contributed by atoms with van der Waals surface area (Å²) in [5, 5.41) is 2.85. The molecule has 2 amide bonds. The highest BCUT2D eigenvalue weighted by Gasteiger charge is 2.32. The van der Waals surface area contributed by atoms with Crippen LogP contribution in [0.1, 0.15) is 11.1 Å². The Kier molecular flexibility index (Phi) is 9.54. The predicted molar refractivity (Wildman–Crippen MR) is 145 cm³/mol. The lowest BCUT2D eigenvalue weighted by atomic mass is 10.0. The number of likely N-dealkylation sites (N-methyl/N-ethyl adjacent to an activating group) is 1. The molecule has 0 bridgehead atoms. The van der Waals surface area contributed by atoms with Gasteiger partial charge in [0.05, 0.1) is 24.1 Å². The number of halogens is 1. The van der Waals surface area contributed by atoms with Gasteiger partial charge in [0.1, 0.15) is 18.3 Å². The Morgan fingerprint density at radius 3 is 2.08 bits per heavy atom. The lowest BCUT2D eigenvalue weighted by molar-refractivity contribution is -0.139. The van der Waals surface area contributed by atoms with Crippen molar-refractivity contribution in [2.45, 2.75) is 19.0 Å². The summed E-state index contributed by atoms with van der Waals surface area (Å²) >= 11 is 6.24. The molecule has 3 rings (SSSR count). The van der Waals surface area contributed by atoms with Gasteiger partial charge in [0, 0.05) is 20.0 Å². The monoisotopic (exact) mass is 543 g/mol. The summed E-state index contributed by atoms with van der Waals surface area (Å²) in [6.07, 6.45) is 1.27. The summed E-state index contributed by atoms with van der Waals surface area (Å²) < 4.78 is 31.7. The number of methoxy groups -OCH3 is 1.